The van der Waals surface area contributed by atoms with E-state index < -0.39 is 85.7 Å². The number of anilines is 7. The summed E-state index contributed by atoms with van der Waals surface area (Å²) in [6.45, 7) is 47.3. The number of nitrogens with one attached hydrogen (secondary N) is 9. The highest BCUT2D eigenvalue weighted by atomic mass is 32.2. The number of pyridine rings is 4. The number of hydrogen-bond acceptors (Lipinski definition) is 32. The predicted molar refractivity (Wildman–Crippen MR) is 508 cm³/mol. The van der Waals surface area contributed by atoms with E-state index in [1.807, 2.05) is 25.5 Å². The molecular weight excluding hydrogens is 1780 g/mol. The number of fused-ring (bicyclic) bond motifs is 18. The number of amides is 4. The Bertz CT molecular complexity index is 5700. The van der Waals surface area contributed by atoms with Gasteiger partial charge in [-0.1, -0.05) is 83.1 Å². The van der Waals surface area contributed by atoms with Gasteiger partial charge in [0.1, 0.15) is 40.7 Å². The highest BCUT2D eigenvalue weighted by Gasteiger charge is 2.46. The molecule has 9 N–H and O–H groups in total. The normalized spacial score (nSPS) is 21.3. The topological polar surface area (TPSA) is 478 Å². The summed E-state index contributed by atoms with van der Waals surface area (Å²) >= 11 is 0. The fraction of sp³-hybridized carbons (Fsp3) is 0.565. The Hall–Kier alpha value is -10.9. The molecule has 36 nitrogen and oxygen atoms in total. The van der Waals surface area contributed by atoms with E-state index in [1.165, 1.54) is 36.9 Å². The molecular formula is C92H129FN24O12S4. The van der Waals surface area contributed by atoms with Gasteiger partial charge in [-0.25, -0.2) is 58.8 Å². The summed E-state index contributed by atoms with van der Waals surface area (Å²) < 4.78 is 126. The minimum atomic E-state index is -4.36. The van der Waals surface area contributed by atoms with Crippen LogP contribution < -0.4 is 60.2 Å². The number of carbonyl (C=O) groups excluding carboxylic acids is 4. The van der Waals surface area contributed by atoms with Crippen LogP contribution in [0.15, 0.2) is 118 Å². The summed E-state index contributed by atoms with van der Waals surface area (Å²) in [5.41, 5.74) is 1.63. The molecule has 4 saturated heterocycles. The summed E-state index contributed by atoms with van der Waals surface area (Å²) in [5.74, 6) is 0.507. The first kappa shape index (κ1) is 101. The Morgan fingerprint density at radius 3 is 1.14 bits per heavy atom. The van der Waals surface area contributed by atoms with Gasteiger partial charge in [-0.3, -0.25) is 39.1 Å². The number of aromatic nitrogens is 12. The number of carbonyl (C=O) groups is 4. The van der Waals surface area contributed by atoms with Crippen molar-refractivity contribution in [2.45, 2.75) is 279 Å². The predicted octanol–water partition coefficient (Wildman–Crippen LogP) is 12.3. The monoisotopic (exact) mass is 1910 g/mol. The van der Waals surface area contributed by atoms with E-state index in [-0.39, 0.29) is 76.0 Å². The molecule has 4 atom stereocenters. The summed E-state index contributed by atoms with van der Waals surface area (Å²) in [4.78, 5) is 110. The van der Waals surface area contributed by atoms with Crippen molar-refractivity contribution < 1.29 is 57.2 Å². The molecule has 15 heterocycles. The Balaban J connectivity index is 0.000000160. The van der Waals surface area contributed by atoms with Crippen molar-refractivity contribution >= 4 is 104 Å². The van der Waals surface area contributed by atoms with E-state index in [9.17, 15) is 57.2 Å². The second-order valence-electron chi connectivity index (χ2n) is 42.0. The van der Waals surface area contributed by atoms with Crippen LogP contribution in [0.3, 0.4) is 0 Å². The molecule has 4 fully saturated rings. The molecule has 0 saturated carbocycles. The second-order valence-corrected chi connectivity index (χ2v) is 48.6. The summed E-state index contributed by atoms with van der Waals surface area (Å²) in [7, 11) is -17.0. The van der Waals surface area contributed by atoms with Crippen molar-refractivity contribution in [3.8, 4) is 0 Å². The van der Waals surface area contributed by atoms with Gasteiger partial charge < -0.3 is 41.3 Å². The zero-order chi connectivity index (χ0) is 97.2. The molecule has 4 amide bonds. The van der Waals surface area contributed by atoms with Crippen LogP contribution in [0, 0.1) is 29.6 Å². The molecule has 8 aromatic rings. The van der Waals surface area contributed by atoms with Gasteiger partial charge in [0.15, 0.2) is 20.1 Å². The van der Waals surface area contributed by atoms with Crippen LogP contribution in [0.2, 0.25) is 0 Å². The molecule has 0 aromatic carbocycles. The van der Waals surface area contributed by atoms with Gasteiger partial charge in [-0.15, -0.1) is 0 Å². The Morgan fingerprint density at radius 1 is 0.459 bits per heavy atom. The fourth-order valence-corrected chi connectivity index (χ4v) is 21.2. The van der Waals surface area contributed by atoms with Crippen molar-refractivity contribution in [2.75, 3.05) is 88.3 Å². The van der Waals surface area contributed by atoms with E-state index in [0.29, 0.717) is 90.5 Å². The molecule has 12 bridgehead atoms. The third-order valence-corrected chi connectivity index (χ3v) is 29.5. The van der Waals surface area contributed by atoms with Crippen LogP contribution in [-0.2, 0) is 61.8 Å². The van der Waals surface area contributed by atoms with Gasteiger partial charge in [0.25, 0.3) is 63.7 Å². The van der Waals surface area contributed by atoms with E-state index in [1.54, 1.807) is 36.4 Å². The molecule has 0 aliphatic carbocycles. The average Bonchev–Trinajstić information content (AvgIpc) is 1.65. The van der Waals surface area contributed by atoms with Crippen molar-refractivity contribution in [3.05, 3.63) is 149 Å². The van der Waals surface area contributed by atoms with Crippen LogP contribution >= 0.6 is 0 Å². The lowest BCUT2D eigenvalue weighted by molar-refractivity contribution is 0.0968. The van der Waals surface area contributed by atoms with E-state index in [4.69, 9.17) is 15.0 Å². The van der Waals surface area contributed by atoms with E-state index in [0.717, 1.165) is 145 Å². The molecule has 7 aliphatic rings. The number of sulfonamides is 4. The minimum Gasteiger partial charge on any atom is -0.369 e. The molecule has 0 spiro atoms. The Morgan fingerprint density at radius 2 is 0.805 bits per heavy atom. The number of halogens is 1. The zero-order valence-corrected chi connectivity index (χ0v) is 83.1. The standard InChI is InChI=1S/C23H33FN6O3S.3C23H32N6O3S/c1-22(2,3)17-9-8-16(20(24)28-17)21(31)30-34(32,33)19-14-25-13-18(29-19)26-10-6-7-15-11-23(4,5)27-12-15;3*1-22(2,3)17-9-8-16-20(26-17)29-14-15(11-23(29,4)5)7-6-10-25-18-12-24-13-19(27-18)33(31,32)28-21(16)30/h8-9,13-15,27H,6-7,10-12H2,1-5H3,(H,26,29)(H,30,31);3*8-9,12-13,15H,6-7,10-11,14H2,1-5H3,(H,25,27)(H,28,30). The highest BCUT2D eigenvalue weighted by Crippen LogP contribution is 2.45. The fourth-order valence-electron chi connectivity index (χ4n) is 17.7. The van der Waals surface area contributed by atoms with Crippen molar-refractivity contribution in [2.24, 2.45) is 23.7 Å². The molecule has 4 unspecified atom stereocenters. The molecule has 0 radical (unpaired) electrons. The average molecular weight is 1910 g/mol. The van der Waals surface area contributed by atoms with Crippen molar-refractivity contribution in [1.29, 1.82) is 0 Å². The van der Waals surface area contributed by atoms with Crippen molar-refractivity contribution in [3.63, 3.8) is 0 Å². The third kappa shape index (κ3) is 25.2. The van der Waals surface area contributed by atoms with Gasteiger partial charge in [0.2, 0.25) is 5.95 Å². The highest BCUT2D eigenvalue weighted by molar-refractivity contribution is 7.90. The third-order valence-electron chi connectivity index (χ3n) is 24.7. The lowest BCUT2D eigenvalue weighted by Crippen LogP contribution is -2.41. The first-order valence-electron chi connectivity index (χ1n) is 45.2. The van der Waals surface area contributed by atoms with Gasteiger partial charge in [0, 0.05) is 112 Å². The maximum atomic E-state index is 14.4. The smallest absolute Gasteiger partial charge is 0.283 e. The first-order chi connectivity index (χ1) is 61.9. The van der Waals surface area contributed by atoms with Gasteiger partial charge in [-0.05, 0) is 211 Å². The lowest BCUT2D eigenvalue weighted by atomic mass is 9.91. The molecule has 41 heteroatoms. The molecule has 15 rings (SSSR count). The van der Waals surface area contributed by atoms with Crippen LogP contribution in [0.25, 0.3) is 0 Å². The number of nitrogens with zero attached hydrogens (tertiary/aromatic N) is 15. The maximum Gasteiger partial charge on any atom is 0.283 e. The maximum absolute atomic E-state index is 14.4. The van der Waals surface area contributed by atoms with Crippen molar-refractivity contribution in [1.82, 2.24) is 84.0 Å². The Labute approximate surface area is 781 Å². The Kier molecular flexibility index (Phi) is 29.8. The molecule has 133 heavy (non-hydrogen) atoms. The van der Waals surface area contributed by atoms with Crippen LogP contribution in [0.4, 0.5) is 45.1 Å². The zero-order valence-electron chi connectivity index (χ0n) is 79.8. The second kappa shape index (κ2) is 39.2. The van der Waals surface area contributed by atoms with Gasteiger partial charge >= 0.3 is 0 Å². The van der Waals surface area contributed by atoms with Gasteiger partial charge in [0.05, 0.1) is 71.8 Å². The quantitative estimate of drug-likeness (QED) is 0.0504. The van der Waals surface area contributed by atoms with Gasteiger partial charge in [-0.2, -0.15) is 38.1 Å². The van der Waals surface area contributed by atoms with Crippen LogP contribution in [-0.4, -0.2) is 192 Å². The van der Waals surface area contributed by atoms with Crippen LogP contribution in [0.1, 0.15) is 280 Å². The lowest BCUT2D eigenvalue weighted by Gasteiger charge is -2.34. The molecule has 720 valence electrons. The largest absolute Gasteiger partial charge is 0.369 e. The van der Waals surface area contributed by atoms with Crippen LogP contribution in [0.5, 0.6) is 0 Å². The van der Waals surface area contributed by atoms with E-state index >= 15 is 0 Å². The number of rotatable bonds is 8. The summed E-state index contributed by atoms with van der Waals surface area (Å²) in [5, 5.41) is 14.7. The number of hydrogen-bond donors (Lipinski definition) is 9. The first-order valence-corrected chi connectivity index (χ1v) is 51.1. The molecule has 7 aliphatic heterocycles. The minimum absolute atomic E-state index is 0.171. The molecule has 8 aromatic heterocycles. The SMILES string of the molecule is CC(C)(C)c1ccc2c(n1)N1CC(CCCNc3cncc(n3)S(=O)(=O)NC2=O)CC1(C)C.CC(C)(C)c1ccc2c(n1)N1CC(CCCNc3cncc(n3)S(=O)(=O)NC2=O)CC1(C)C.CC(C)(C)c1ccc2c(n1)N1CC(CCCNc3cncc(n3)S(=O)(=O)NC2=O)CC1(C)C.CC1(C)CC(CCCNc2cncc(S(=O)(=O)NC(=O)c3ccc(C(C)(C)C)nc3F)n2)CN1. The summed E-state index contributed by atoms with van der Waals surface area (Å²) in [6.07, 6.45) is 22.0. The summed E-state index contributed by atoms with van der Waals surface area (Å²) in [6, 6.07) is 13.1. The van der Waals surface area contributed by atoms with E-state index in [2.05, 4.69) is 218 Å².